The standard InChI is InChI=1S/C18H16N4O5/c1-27-16-7-4-13(10-15(16)22(25)26)18(24)20-11-17(23)21-14-5-2-12(3-6-14)8-9-19/h2-7,10H,8,11H2,1H3,(H,20,24)(H,21,23). The molecule has 2 aromatic carbocycles. The number of hydrogen-bond donors (Lipinski definition) is 2. The van der Waals surface area contributed by atoms with Crippen LogP contribution in [0.5, 0.6) is 5.75 Å². The second-order valence-electron chi connectivity index (χ2n) is 5.41. The number of methoxy groups -OCH3 is 1. The Balaban J connectivity index is 1.94. The molecule has 0 spiro atoms. The molecule has 2 amide bonds. The zero-order valence-corrected chi connectivity index (χ0v) is 14.4. The minimum absolute atomic E-state index is 0.0362. The van der Waals surface area contributed by atoms with Gasteiger partial charge in [0.25, 0.3) is 5.91 Å². The lowest BCUT2D eigenvalue weighted by atomic mass is 10.1. The van der Waals surface area contributed by atoms with Crippen LogP contribution in [0.15, 0.2) is 42.5 Å². The Kier molecular flexibility index (Phi) is 6.44. The molecule has 0 aliphatic carbocycles. The topological polar surface area (TPSA) is 134 Å². The number of nitro benzene ring substituents is 1. The normalized spacial score (nSPS) is 9.78. The van der Waals surface area contributed by atoms with Crippen LogP contribution in [0.3, 0.4) is 0 Å². The molecule has 0 radical (unpaired) electrons. The van der Waals surface area contributed by atoms with Crippen LogP contribution >= 0.6 is 0 Å². The number of anilines is 1. The van der Waals surface area contributed by atoms with E-state index in [0.717, 1.165) is 11.6 Å². The number of nitriles is 1. The minimum atomic E-state index is -0.654. The summed E-state index contributed by atoms with van der Waals surface area (Å²) in [5.74, 6) is -1.05. The van der Waals surface area contributed by atoms with Crippen LogP contribution in [0.1, 0.15) is 15.9 Å². The van der Waals surface area contributed by atoms with E-state index in [9.17, 15) is 19.7 Å². The molecule has 0 atom stereocenters. The van der Waals surface area contributed by atoms with Gasteiger partial charge in [0, 0.05) is 17.3 Å². The zero-order chi connectivity index (χ0) is 19.8. The Hall–Kier alpha value is -3.93. The number of carbonyl (C=O) groups excluding carboxylic acids is 2. The van der Waals surface area contributed by atoms with Crippen molar-refractivity contribution in [2.24, 2.45) is 0 Å². The van der Waals surface area contributed by atoms with Crippen molar-refractivity contribution in [3.05, 3.63) is 63.7 Å². The van der Waals surface area contributed by atoms with Crippen LogP contribution in [0.25, 0.3) is 0 Å². The first kappa shape index (κ1) is 19.4. The molecule has 0 aromatic heterocycles. The molecule has 2 N–H and O–H groups in total. The smallest absolute Gasteiger partial charge is 0.311 e. The summed E-state index contributed by atoms with van der Waals surface area (Å²) in [5, 5.41) is 24.6. The molecule has 0 bridgehead atoms. The quantitative estimate of drug-likeness (QED) is 0.567. The molecule has 0 aliphatic rings. The summed E-state index contributed by atoms with van der Waals surface area (Å²) in [6.07, 6.45) is 0.276. The van der Waals surface area contributed by atoms with Gasteiger partial charge in [0.1, 0.15) is 0 Å². The summed E-state index contributed by atoms with van der Waals surface area (Å²) in [7, 11) is 1.29. The fourth-order valence-corrected chi connectivity index (χ4v) is 2.24. The SMILES string of the molecule is COc1ccc(C(=O)NCC(=O)Nc2ccc(CC#N)cc2)cc1[N+](=O)[O-]. The van der Waals surface area contributed by atoms with E-state index in [4.69, 9.17) is 10.00 Å². The number of carbonyl (C=O) groups is 2. The van der Waals surface area contributed by atoms with Gasteiger partial charge in [-0.2, -0.15) is 5.26 Å². The molecule has 0 fully saturated rings. The van der Waals surface area contributed by atoms with Crippen LogP contribution in [-0.2, 0) is 11.2 Å². The van der Waals surface area contributed by atoms with E-state index in [2.05, 4.69) is 10.6 Å². The monoisotopic (exact) mass is 368 g/mol. The molecule has 9 nitrogen and oxygen atoms in total. The highest BCUT2D eigenvalue weighted by molar-refractivity contribution is 5.99. The van der Waals surface area contributed by atoms with Crippen LogP contribution < -0.4 is 15.4 Å². The number of ether oxygens (including phenoxy) is 1. The average Bonchev–Trinajstić information content (AvgIpc) is 2.67. The van der Waals surface area contributed by atoms with E-state index in [0.29, 0.717) is 5.69 Å². The average molecular weight is 368 g/mol. The summed E-state index contributed by atoms with van der Waals surface area (Å²) in [4.78, 5) is 34.4. The molecule has 0 saturated heterocycles. The number of nitrogens with zero attached hydrogens (tertiary/aromatic N) is 2. The number of hydrogen-bond acceptors (Lipinski definition) is 6. The fourth-order valence-electron chi connectivity index (χ4n) is 2.24. The minimum Gasteiger partial charge on any atom is -0.490 e. The van der Waals surface area contributed by atoms with Crippen molar-refractivity contribution in [2.75, 3.05) is 19.0 Å². The predicted octanol–water partition coefficient (Wildman–Crippen LogP) is 2.04. The molecule has 0 aliphatic heterocycles. The van der Waals surface area contributed by atoms with Gasteiger partial charge in [0.05, 0.1) is 31.1 Å². The van der Waals surface area contributed by atoms with Crippen molar-refractivity contribution in [2.45, 2.75) is 6.42 Å². The van der Waals surface area contributed by atoms with Gasteiger partial charge in [-0.3, -0.25) is 19.7 Å². The van der Waals surface area contributed by atoms with Gasteiger partial charge in [0.2, 0.25) is 5.91 Å². The van der Waals surface area contributed by atoms with E-state index in [1.807, 2.05) is 6.07 Å². The number of nitrogens with one attached hydrogen (secondary N) is 2. The van der Waals surface area contributed by atoms with Gasteiger partial charge >= 0.3 is 5.69 Å². The first-order chi connectivity index (χ1) is 12.9. The van der Waals surface area contributed by atoms with Gasteiger partial charge in [0.15, 0.2) is 5.75 Å². The lowest BCUT2D eigenvalue weighted by molar-refractivity contribution is -0.385. The molecular weight excluding hydrogens is 352 g/mol. The predicted molar refractivity (Wildman–Crippen MR) is 96.4 cm³/mol. The van der Waals surface area contributed by atoms with Crippen molar-refractivity contribution in [3.8, 4) is 11.8 Å². The van der Waals surface area contributed by atoms with Crippen molar-refractivity contribution >= 4 is 23.2 Å². The van der Waals surface area contributed by atoms with Crippen LogP contribution in [0, 0.1) is 21.4 Å². The van der Waals surface area contributed by atoms with Crippen molar-refractivity contribution in [1.82, 2.24) is 5.32 Å². The van der Waals surface area contributed by atoms with Gasteiger partial charge in [-0.05, 0) is 29.8 Å². The molecule has 0 unspecified atom stereocenters. The van der Waals surface area contributed by atoms with Gasteiger partial charge in [-0.1, -0.05) is 12.1 Å². The second-order valence-corrected chi connectivity index (χ2v) is 5.41. The molecular formula is C18H16N4O5. The molecule has 0 saturated carbocycles. The highest BCUT2D eigenvalue weighted by Gasteiger charge is 2.18. The Morgan fingerprint density at radius 1 is 1.22 bits per heavy atom. The van der Waals surface area contributed by atoms with Crippen molar-refractivity contribution in [3.63, 3.8) is 0 Å². The third kappa shape index (κ3) is 5.27. The Bertz CT molecular complexity index is 903. The molecule has 9 heteroatoms. The first-order valence-electron chi connectivity index (χ1n) is 7.81. The fraction of sp³-hybridized carbons (Fsp3) is 0.167. The van der Waals surface area contributed by atoms with E-state index in [1.165, 1.54) is 19.2 Å². The zero-order valence-electron chi connectivity index (χ0n) is 14.4. The van der Waals surface area contributed by atoms with Gasteiger partial charge < -0.3 is 15.4 Å². The maximum absolute atomic E-state index is 12.1. The second kappa shape index (κ2) is 8.96. The van der Waals surface area contributed by atoms with Crippen LogP contribution in [0.4, 0.5) is 11.4 Å². The van der Waals surface area contributed by atoms with E-state index < -0.39 is 16.7 Å². The van der Waals surface area contributed by atoms with E-state index in [1.54, 1.807) is 24.3 Å². The summed E-state index contributed by atoms with van der Waals surface area (Å²) < 4.78 is 4.87. The van der Waals surface area contributed by atoms with Crippen molar-refractivity contribution in [1.29, 1.82) is 5.26 Å². The lowest BCUT2D eigenvalue weighted by Crippen LogP contribution is -2.32. The third-order valence-electron chi connectivity index (χ3n) is 3.57. The summed E-state index contributed by atoms with van der Waals surface area (Å²) in [6.45, 7) is -0.307. The van der Waals surface area contributed by atoms with Crippen LogP contribution in [0.2, 0.25) is 0 Å². The largest absolute Gasteiger partial charge is 0.490 e. The van der Waals surface area contributed by atoms with Gasteiger partial charge in [-0.25, -0.2) is 0 Å². The molecule has 2 aromatic rings. The number of nitro groups is 1. The summed E-state index contributed by atoms with van der Waals surface area (Å²) in [6, 6.07) is 12.5. The van der Waals surface area contributed by atoms with Gasteiger partial charge in [-0.15, -0.1) is 0 Å². The molecule has 27 heavy (non-hydrogen) atoms. The summed E-state index contributed by atoms with van der Waals surface area (Å²) >= 11 is 0. The maximum atomic E-state index is 12.1. The number of benzene rings is 2. The molecule has 2 rings (SSSR count). The number of rotatable bonds is 7. The maximum Gasteiger partial charge on any atom is 0.311 e. The highest BCUT2D eigenvalue weighted by atomic mass is 16.6. The van der Waals surface area contributed by atoms with E-state index in [-0.39, 0.29) is 30.0 Å². The molecule has 138 valence electrons. The Morgan fingerprint density at radius 2 is 1.93 bits per heavy atom. The lowest BCUT2D eigenvalue weighted by Gasteiger charge is -2.08. The number of amides is 2. The Morgan fingerprint density at radius 3 is 2.52 bits per heavy atom. The molecule has 0 heterocycles. The highest BCUT2D eigenvalue weighted by Crippen LogP contribution is 2.27. The van der Waals surface area contributed by atoms with Crippen LogP contribution in [-0.4, -0.2) is 30.4 Å². The first-order valence-corrected chi connectivity index (χ1v) is 7.81. The third-order valence-corrected chi connectivity index (χ3v) is 3.57. The van der Waals surface area contributed by atoms with E-state index >= 15 is 0 Å². The summed E-state index contributed by atoms with van der Waals surface area (Å²) in [5.41, 5.74) is 1.05. The Labute approximate surface area is 154 Å². The van der Waals surface area contributed by atoms with Crippen molar-refractivity contribution < 1.29 is 19.2 Å².